The summed E-state index contributed by atoms with van der Waals surface area (Å²) in [5.74, 6) is 1.03. The van der Waals surface area contributed by atoms with Crippen LogP contribution in [0, 0.1) is 11.3 Å². The predicted octanol–water partition coefficient (Wildman–Crippen LogP) is 3.71. The predicted molar refractivity (Wildman–Crippen MR) is 127 cm³/mol. The van der Waals surface area contributed by atoms with Crippen LogP contribution in [-0.2, 0) is 17.6 Å². The van der Waals surface area contributed by atoms with Crippen LogP contribution in [0.3, 0.4) is 0 Å². The highest BCUT2D eigenvalue weighted by Gasteiger charge is 2.16. The van der Waals surface area contributed by atoms with Crippen LogP contribution >= 0.6 is 11.6 Å². The van der Waals surface area contributed by atoms with Gasteiger partial charge in [-0.1, -0.05) is 35.0 Å². The lowest BCUT2D eigenvalue weighted by Crippen LogP contribution is -2.25. The molecule has 10 heteroatoms. The number of rotatable bonds is 9. The number of nitrogens with zero attached hydrogens (tertiary/aromatic N) is 5. The van der Waals surface area contributed by atoms with Crippen molar-refractivity contribution in [1.29, 1.82) is 5.26 Å². The van der Waals surface area contributed by atoms with Gasteiger partial charge in [0, 0.05) is 30.0 Å². The molecule has 0 atom stereocenters. The van der Waals surface area contributed by atoms with E-state index < -0.39 is 0 Å². The third-order valence-electron chi connectivity index (χ3n) is 5.16. The molecule has 0 aliphatic carbocycles. The average molecular weight is 476 g/mol. The molecule has 172 valence electrons. The van der Waals surface area contributed by atoms with Gasteiger partial charge in [0.15, 0.2) is 0 Å². The number of amides is 1. The number of nitriles is 1. The molecule has 2 aromatic heterocycles. The quantitative estimate of drug-likeness (QED) is 0.352. The van der Waals surface area contributed by atoms with Crippen molar-refractivity contribution in [3.05, 3.63) is 76.8 Å². The number of hydrogen-bond acceptors (Lipinski definition) is 7. The first kappa shape index (κ1) is 23.0. The van der Waals surface area contributed by atoms with Crippen LogP contribution in [0.2, 0.25) is 5.02 Å². The topological polar surface area (TPSA) is 136 Å². The molecule has 0 bridgehead atoms. The van der Waals surface area contributed by atoms with Crippen molar-refractivity contribution in [1.82, 2.24) is 25.2 Å². The summed E-state index contributed by atoms with van der Waals surface area (Å²) >= 11 is 5.89. The van der Waals surface area contributed by atoms with E-state index in [1.807, 2.05) is 30.3 Å². The normalized spacial score (nSPS) is 10.7. The van der Waals surface area contributed by atoms with E-state index in [4.69, 9.17) is 21.9 Å². The molecule has 0 aliphatic rings. The van der Waals surface area contributed by atoms with E-state index in [-0.39, 0.29) is 12.3 Å². The lowest BCUT2D eigenvalue weighted by Gasteiger charge is -2.03. The minimum absolute atomic E-state index is 0.124. The Hall–Kier alpha value is -4.16. The number of benzene rings is 2. The molecule has 1 amide bonds. The van der Waals surface area contributed by atoms with Crippen LogP contribution in [-0.4, -0.2) is 32.4 Å². The van der Waals surface area contributed by atoms with E-state index in [0.29, 0.717) is 59.6 Å². The summed E-state index contributed by atoms with van der Waals surface area (Å²) in [6, 6.07) is 18.6. The monoisotopic (exact) mass is 475 g/mol. The van der Waals surface area contributed by atoms with Gasteiger partial charge in [-0.3, -0.25) is 4.79 Å². The molecular weight excluding hydrogens is 454 g/mol. The van der Waals surface area contributed by atoms with Crippen molar-refractivity contribution in [2.45, 2.75) is 25.7 Å². The Balaban J connectivity index is 1.24. The van der Waals surface area contributed by atoms with E-state index in [9.17, 15) is 10.1 Å². The maximum Gasteiger partial charge on any atom is 0.227 e. The van der Waals surface area contributed by atoms with Crippen LogP contribution in [0.25, 0.3) is 17.1 Å². The number of carbonyl (C=O) groups is 1. The molecule has 3 N–H and O–H groups in total. The van der Waals surface area contributed by atoms with Gasteiger partial charge in [-0.05, 0) is 49.2 Å². The van der Waals surface area contributed by atoms with Gasteiger partial charge in [-0.2, -0.15) is 15.3 Å². The standard InChI is InChI=1S/C24H22ClN7O2/c25-17-10-8-16(9-11-17)24-29-22(34-31-24)13-12-21(33)28-14-4-7-20-19(15-26)23(27)32(30-20)18-5-2-1-3-6-18/h1-3,5-6,8-11H,4,7,12-14,27H2,(H,28,33). The summed E-state index contributed by atoms with van der Waals surface area (Å²) in [5, 5.41) is 21.4. The number of carbonyl (C=O) groups excluding carboxylic acids is 1. The van der Waals surface area contributed by atoms with Gasteiger partial charge < -0.3 is 15.6 Å². The highest BCUT2D eigenvalue weighted by atomic mass is 35.5. The van der Waals surface area contributed by atoms with Gasteiger partial charge in [0.05, 0.1) is 11.4 Å². The Bertz CT molecular complexity index is 1310. The van der Waals surface area contributed by atoms with Crippen molar-refractivity contribution in [2.24, 2.45) is 0 Å². The van der Waals surface area contributed by atoms with Crippen LogP contribution in [0.15, 0.2) is 59.1 Å². The Kier molecular flexibility index (Phi) is 7.20. The first-order valence-corrected chi connectivity index (χ1v) is 11.1. The minimum atomic E-state index is -0.124. The first-order valence-electron chi connectivity index (χ1n) is 10.7. The third-order valence-corrected chi connectivity index (χ3v) is 5.41. The lowest BCUT2D eigenvalue weighted by atomic mass is 10.1. The van der Waals surface area contributed by atoms with Gasteiger partial charge >= 0.3 is 0 Å². The molecule has 4 rings (SSSR count). The summed E-state index contributed by atoms with van der Waals surface area (Å²) in [5.41, 5.74) is 8.67. The molecule has 0 saturated heterocycles. The molecule has 0 saturated carbocycles. The molecular formula is C24H22ClN7O2. The summed E-state index contributed by atoms with van der Waals surface area (Å²) in [4.78, 5) is 16.5. The van der Waals surface area contributed by atoms with Gasteiger partial charge in [0.1, 0.15) is 17.5 Å². The fourth-order valence-electron chi connectivity index (χ4n) is 3.41. The zero-order valence-electron chi connectivity index (χ0n) is 18.2. The molecule has 9 nitrogen and oxygen atoms in total. The van der Waals surface area contributed by atoms with Crippen molar-refractivity contribution < 1.29 is 9.32 Å². The number of nitrogens with two attached hydrogens (primary N) is 1. The fourth-order valence-corrected chi connectivity index (χ4v) is 3.53. The number of para-hydroxylation sites is 1. The second-order valence-electron chi connectivity index (χ2n) is 7.54. The molecule has 4 aromatic rings. The number of nitrogens with one attached hydrogen (secondary N) is 1. The van der Waals surface area contributed by atoms with Crippen molar-refractivity contribution in [3.8, 4) is 23.1 Å². The number of halogens is 1. The zero-order chi connectivity index (χ0) is 23.9. The summed E-state index contributed by atoms with van der Waals surface area (Å²) < 4.78 is 6.80. The maximum atomic E-state index is 12.2. The van der Waals surface area contributed by atoms with Crippen LogP contribution in [0.4, 0.5) is 5.82 Å². The van der Waals surface area contributed by atoms with E-state index in [1.54, 1.807) is 28.9 Å². The smallest absolute Gasteiger partial charge is 0.227 e. The highest BCUT2D eigenvalue weighted by Crippen LogP contribution is 2.21. The largest absolute Gasteiger partial charge is 0.382 e. The Labute approximate surface area is 201 Å². The molecule has 0 aliphatic heterocycles. The first-order chi connectivity index (χ1) is 16.5. The molecule has 0 fully saturated rings. The third kappa shape index (κ3) is 5.42. The molecule has 0 spiro atoms. The van der Waals surface area contributed by atoms with Gasteiger partial charge in [0.25, 0.3) is 0 Å². The SMILES string of the molecule is N#Cc1c(CCCNC(=O)CCc2nc(-c3ccc(Cl)cc3)no2)nn(-c2ccccc2)c1N. The number of aromatic nitrogens is 4. The maximum absolute atomic E-state index is 12.2. The highest BCUT2D eigenvalue weighted by molar-refractivity contribution is 6.30. The number of anilines is 1. The average Bonchev–Trinajstić information content (AvgIpc) is 3.46. The Morgan fingerprint density at radius 1 is 1.15 bits per heavy atom. The number of nitrogen functional groups attached to an aromatic ring is 1. The van der Waals surface area contributed by atoms with E-state index >= 15 is 0 Å². The van der Waals surface area contributed by atoms with E-state index in [0.717, 1.165) is 11.3 Å². The summed E-state index contributed by atoms with van der Waals surface area (Å²) in [6.07, 6.45) is 1.69. The molecule has 0 radical (unpaired) electrons. The summed E-state index contributed by atoms with van der Waals surface area (Å²) in [6.45, 7) is 0.446. The van der Waals surface area contributed by atoms with Crippen LogP contribution < -0.4 is 11.1 Å². The second-order valence-corrected chi connectivity index (χ2v) is 7.97. The van der Waals surface area contributed by atoms with Crippen LogP contribution in [0.1, 0.15) is 30.0 Å². The van der Waals surface area contributed by atoms with E-state index in [1.165, 1.54) is 0 Å². The molecule has 2 aromatic carbocycles. The van der Waals surface area contributed by atoms with Crippen molar-refractivity contribution in [2.75, 3.05) is 12.3 Å². The number of hydrogen-bond donors (Lipinski definition) is 2. The molecule has 34 heavy (non-hydrogen) atoms. The summed E-state index contributed by atoms with van der Waals surface area (Å²) in [7, 11) is 0. The van der Waals surface area contributed by atoms with Crippen molar-refractivity contribution >= 4 is 23.3 Å². The minimum Gasteiger partial charge on any atom is -0.382 e. The molecule has 2 heterocycles. The Morgan fingerprint density at radius 2 is 1.91 bits per heavy atom. The molecule has 0 unspecified atom stereocenters. The van der Waals surface area contributed by atoms with E-state index in [2.05, 4.69) is 26.6 Å². The number of aryl methyl sites for hydroxylation is 2. The van der Waals surface area contributed by atoms with Gasteiger partial charge in [0.2, 0.25) is 17.6 Å². The Morgan fingerprint density at radius 3 is 2.65 bits per heavy atom. The van der Waals surface area contributed by atoms with Gasteiger partial charge in [-0.25, -0.2) is 4.68 Å². The van der Waals surface area contributed by atoms with Gasteiger partial charge in [-0.15, -0.1) is 0 Å². The van der Waals surface area contributed by atoms with Crippen LogP contribution in [0.5, 0.6) is 0 Å². The lowest BCUT2D eigenvalue weighted by molar-refractivity contribution is -0.121. The second kappa shape index (κ2) is 10.6. The zero-order valence-corrected chi connectivity index (χ0v) is 19.0. The van der Waals surface area contributed by atoms with Crippen molar-refractivity contribution in [3.63, 3.8) is 0 Å². The fraction of sp³-hybridized carbons (Fsp3) is 0.208.